The minimum Gasteiger partial charge on any atom is -0.507 e. The number of ether oxygens (including phenoxy) is 4. The van der Waals surface area contributed by atoms with Gasteiger partial charge in [0.15, 0.2) is 11.4 Å². The van der Waals surface area contributed by atoms with Crippen molar-refractivity contribution in [2.24, 2.45) is 39.6 Å². The molecule has 8 atom stereocenters. The Balaban J connectivity index is 1.55. The number of piperidine rings is 1. The number of aliphatic hydroxyl groups is 1. The molecule has 2 aromatic rings. The number of phenolic OH excluding ortho intramolecular Hbond substituents is 2. The van der Waals surface area contributed by atoms with Gasteiger partial charge in [-0.05, 0) is 52.0 Å². The van der Waals surface area contributed by atoms with Crippen molar-refractivity contribution in [3.8, 4) is 17.2 Å². The molecule has 1 fully saturated rings. The number of nitrogens with one attached hydrogen (secondary N) is 1. The van der Waals surface area contributed by atoms with Crippen molar-refractivity contribution in [3.05, 3.63) is 58.0 Å². The van der Waals surface area contributed by atoms with E-state index in [4.69, 9.17) is 28.9 Å². The molecule has 6 rings (SSSR count). The summed E-state index contributed by atoms with van der Waals surface area (Å²) in [6, 6.07) is 0.369. The molecule has 0 unspecified atom stereocenters. The molecule has 4 aliphatic heterocycles. The number of hydrogen-bond donors (Lipinski definition) is 4. The summed E-state index contributed by atoms with van der Waals surface area (Å²) in [5.41, 5.74) is -0.373. The second-order valence-corrected chi connectivity index (χ2v) is 19.6. The van der Waals surface area contributed by atoms with Crippen LogP contribution in [0.4, 0.5) is 5.69 Å². The number of fused-ring (bicyclic) bond motifs is 1. The largest absolute Gasteiger partial charge is 0.507 e. The van der Waals surface area contributed by atoms with Crippen molar-refractivity contribution in [1.82, 2.24) is 0 Å². The minimum atomic E-state index is -1.93. The maximum absolute atomic E-state index is 14.8. The molecule has 1 saturated heterocycles. The Bertz CT molecular complexity index is 2360. The normalized spacial score (nSPS) is 34.5. The number of aliphatic hydroxyl groups excluding tert-OH is 1. The van der Waals surface area contributed by atoms with E-state index in [0.29, 0.717) is 36.8 Å². The molecule has 0 saturated carbocycles. The van der Waals surface area contributed by atoms with Crippen molar-refractivity contribution in [1.29, 1.82) is 0 Å². The van der Waals surface area contributed by atoms with E-state index in [1.54, 1.807) is 32.1 Å². The molecule has 344 valence electrons. The van der Waals surface area contributed by atoms with Gasteiger partial charge in [0.1, 0.15) is 28.6 Å². The fourth-order valence-electron chi connectivity index (χ4n) is 10.3. The molecular weight excluding hydrogens is 805 g/mol. The van der Waals surface area contributed by atoms with Crippen molar-refractivity contribution >= 4 is 34.1 Å². The molecule has 1 amide bonds. The predicted octanol–water partition coefficient (Wildman–Crippen LogP) is 6.70. The number of carbonyl (C=O) groups is 3. The highest BCUT2D eigenvalue weighted by molar-refractivity contribution is 6.19. The Morgan fingerprint density at radius 2 is 1.63 bits per heavy atom. The molecule has 0 aromatic heterocycles. The molecule has 4 bridgehead atoms. The topological polar surface area (TPSA) is 186 Å². The van der Waals surface area contributed by atoms with Crippen LogP contribution in [0.3, 0.4) is 0 Å². The molecule has 14 nitrogen and oxygen atoms in total. The summed E-state index contributed by atoms with van der Waals surface area (Å²) in [5, 5.41) is 39.3. The van der Waals surface area contributed by atoms with Crippen molar-refractivity contribution in [2.75, 3.05) is 32.1 Å². The van der Waals surface area contributed by atoms with E-state index >= 15 is 0 Å². The number of ketones is 1. The van der Waals surface area contributed by atoms with Gasteiger partial charge in [0, 0.05) is 68.1 Å². The molecule has 63 heavy (non-hydrogen) atoms. The number of aromatic hydroxyl groups is 2. The van der Waals surface area contributed by atoms with Gasteiger partial charge in [-0.3, -0.25) is 24.4 Å². The fraction of sp³-hybridized carbons (Fsp3) is 0.612. The first-order valence-electron chi connectivity index (χ1n) is 22.5. The number of methoxy groups -OCH3 is 1. The zero-order chi connectivity index (χ0) is 46.5. The van der Waals surface area contributed by atoms with Gasteiger partial charge in [-0.15, -0.1) is 0 Å². The second kappa shape index (κ2) is 18.0. The van der Waals surface area contributed by atoms with Gasteiger partial charge in [-0.2, -0.15) is 0 Å². The van der Waals surface area contributed by atoms with Gasteiger partial charge in [-0.25, -0.2) is 0 Å². The number of nitrogens with zero attached hydrogens (tertiary/aromatic N) is 3. The summed E-state index contributed by atoms with van der Waals surface area (Å²) in [6.07, 6.45) is 7.82. The van der Waals surface area contributed by atoms with E-state index in [1.165, 1.54) is 27.2 Å². The van der Waals surface area contributed by atoms with E-state index in [1.807, 2.05) is 33.8 Å². The first-order chi connectivity index (χ1) is 29.5. The Morgan fingerprint density at radius 3 is 2.24 bits per heavy atom. The summed E-state index contributed by atoms with van der Waals surface area (Å²) >= 11 is 0. The van der Waals surface area contributed by atoms with Crippen LogP contribution >= 0.6 is 0 Å². The van der Waals surface area contributed by atoms with E-state index in [0.717, 1.165) is 24.1 Å². The molecule has 4 N–H and O–H groups in total. The first kappa shape index (κ1) is 47.7. The van der Waals surface area contributed by atoms with Crippen LogP contribution in [0, 0.1) is 36.5 Å². The van der Waals surface area contributed by atoms with Gasteiger partial charge < -0.3 is 44.1 Å². The third kappa shape index (κ3) is 8.87. The third-order valence-corrected chi connectivity index (χ3v) is 14.1. The molecule has 2 aromatic carbocycles. The zero-order valence-corrected chi connectivity index (χ0v) is 39.4. The number of anilines is 1. The SMILES string of the molecule is CO[C@H]1/C=C/O[C@@]2(C)Oc3c(C)c(O)c4c(O)c(c5c(c4c3C2=O)=NC2(CC[N+](CC(C)C)(C(C)C)CC2)N=5)NC(=O)/C(C)=C\C=C\[C@H](C)C[C@@H](C)[C@@H](O)[C@@H](C)[C@H](OC(C)=O)[C@@H]1C. The summed E-state index contributed by atoms with van der Waals surface area (Å²) < 4.78 is 25.1. The molecule has 0 aliphatic carbocycles. The van der Waals surface area contributed by atoms with Crippen LogP contribution in [-0.4, -0.2) is 100 Å². The van der Waals surface area contributed by atoms with Gasteiger partial charge >= 0.3 is 11.8 Å². The van der Waals surface area contributed by atoms with E-state index in [9.17, 15) is 29.7 Å². The average molecular weight is 874 g/mol. The van der Waals surface area contributed by atoms with Crippen LogP contribution in [-0.2, 0) is 23.8 Å². The number of esters is 1. The standard InChI is InChI=1S/C49H68N4O10/c1-25(2)24-53(26(3)4)20-18-49(19-21-53)51-38-35-36-42(56)32(10)45-37(35)46(58)48(12,63-45)61-22-17-34(60-13)30(8)44(62-33(11)54)31(9)41(55)29(7)23-27(5)15-14-16-28(6)47(59)50-40(43(36)57)39(38)52-49/h14-17,22,25-27,29-31,34,41,44,55H,18-21,23-24H2,1-13H3,(H2-,50,51,52,56,57,58,59)/p+1/b15-14+,22-17+,28-16-/t27-,29+,30+,31+,34-,41+,44+,48-,49?,53?/m0/s1. The van der Waals surface area contributed by atoms with Gasteiger partial charge in [-0.1, -0.05) is 59.8 Å². The maximum Gasteiger partial charge on any atom is 0.312 e. The quantitative estimate of drug-likeness (QED) is 0.143. The Hall–Kier alpha value is -4.79. The second-order valence-electron chi connectivity index (χ2n) is 19.6. The number of benzene rings is 2. The number of hydrogen-bond acceptors (Lipinski definition) is 12. The molecule has 14 heteroatoms. The van der Waals surface area contributed by atoms with E-state index in [2.05, 4.69) is 33.0 Å². The lowest BCUT2D eigenvalue weighted by Gasteiger charge is -2.49. The van der Waals surface area contributed by atoms with Crippen molar-refractivity contribution in [3.63, 3.8) is 0 Å². The number of carbonyl (C=O) groups excluding carboxylic acids is 3. The summed E-state index contributed by atoms with van der Waals surface area (Å²) in [7, 11) is 1.51. The summed E-state index contributed by atoms with van der Waals surface area (Å²) in [4.78, 5) is 51.8. The average Bonchev–Trinajstić information content (AvgIpc) is 3.72. The minimum absolute atomic E-state index is 0.00316. The van der Waals surface area contributed by atoms with Crippen molar-refractivity contribution < 1.29 is 53.1 Å². The number of likely N-dealkylation sites (tertiary alicyclic amines) is 1. The van der Waals surface area contributed by atoms with Crippen LogP contribution in [0.25, 0.3) is 10.8 Å². The number of Topliss-reactive ketones (excluding diaryl/α,β-unsaturated/α-hetero) is 1. The van der Waals surface area contributed by atoms with Gasteiger partial charge in [0.05, 0.1) is 60.5 Å². The van der Waals surface area contributed by atoms with E-state index < -0.39 is 65.0 Å². The van der Waals surface area contributed by atoms with E-state index in [-0.39, 0.29) is 61.6 Å². The molecule has 4 heterocycles. The molecule has 4 aliphatic rings. The monoisotopic (exact) mass is 874 g/mol. The number of rotatable bonds is 5. The Labute approximate surface area is 371 Å². The highest BCUT2D eigenvalue weighted by Crippen LogP contribution is 2.50. The zero-order valence-electron chi connectivity index (χ0n) is 39.4. The van der Waals surface area contributed by atoms with Crippen LogP contribution in [0.2, 0.25) is 0 Å². The van der Waals surface area contributed by atoms with Crippen LogP contribution in [0.5, 0.6) is 17.2 Å². The lowest BCUT2D eigenvalue weighted by atomic mass is 9.79. The predicted molar refractivity (Wildman–Crippen MR) is 240 cm³/mol. The molecular formula is C49H69N4O10+. The summed E-state index contributed by atoms with van der Waals surface area (Å²) in [5.74, 6) is -4.94. The lowest BCUT2D eigenvalue weighted by molar-refractivity contribution is -0.955. The third-order valence-electron chi connectivity index (χ3n) is 14.1. The Morgan fingerprint density at radius 1 is 0.984 bits per heavy atom. The van der Waals surface area contributed by atoms with Crippen LogP contribution in [0.1, 0.15) is 111 Å². The number of amides is 1. The van der Waals surface area contributed by atoms with Gasteiger partial charge in [0.2, 0.25) is 0 Å². The highest BCUT2D eigenvalue weighted by Gasteiger charge is 2.51. The number of quaternary nitrogens is 1. The molecule has 1 spiro atoms. The molecule has 0 radical (unpaired) electrons. The van der Waals surface area contributed by atoms with Crippen LogP contribution < -0.4 is 20.8 Å². The number of phenols is 2. The fourth-order valence-corrected chi connectivity index (χ4v) is 10.3. The summed E-state index contributed by atoms with van der Waals surface area (Å²) in [6.45, 7) is 25.3. The highest BCUT2D eigenvalue weighted by atomic mass is 16.7. The van der Waals surface area contributed by atoms with Crippen LogP contribution in [0.15, 0.2) is 46.1 Å². The Kier molecular flexibility index (Phi) is 13.6. The first-order valence-corrected chi connectivity index (χ1v) is 22.5. The van der Waals surface area contributed by atoms with Crippen molar-refractivity contribution in [2.45, 2.75) is 138 Å². The van der Waals surface area contributed by atoms with Gasteiger partial charge in [0.25, 0.3) is 11.7 Å². The lowest BCUT2D eigenvalue weighted by Crippen LogP contribution is -2.61. The maximum atomic E-state index is 14.8. The smallest absolute Gasteiger partial charge is 0.312 e. The number of allylic oxidation sites excluding steroid dienone is 3.